The Kier molecular flexibility index (Phi) is 4.74. The number of sulfonamides is 1. The fourth-order valence-electron chi connectivity index (χ4n) is 1.59. The van der Waals surface area contributed by atoms with Crippen molar-refractivity contribution < 1.29 is 8.42 Å². The summed E-state index contributed by atoms with van der Waals surface area (Å²) < 4.78 is 27.0. The van der Waals surface area contributed by atoms with Crippen molar-refractivity contribution in [2.75, 3.05) is 0 Å². The molecule has 8 heteroatoms. The van der Waals surface area contributed by atoms with E-state index in [9.17, 15) is 8.42 Å². The number of hydrogen-bond acceptors (Lipinski definition) is 5. The second kappa shape index (κ2) is 6.17. The van der Waals surface area contributed by atoms with Crippen molar-refractivity contribution in [1.82, 2.24) is 14.7 Å². The van der Waals surface area contributed by atoms with Crippen LogP contribution in [0.1, 0.15) is 29.8 Å². The first kappa shape index (κ1) is 15.4. The molecule has 5 nitrogen and oxygen atoms in total. The van der Waals surface area contributed by atoms with Gasteiger partial charge in [0.05, 0.1) is 10.9 Å². The zero-order valence-electron chi connectivity index (χ0n) is 11.0. The quantitative estimate of drug-likeness (QED) is 0.855. The third kappa shape index (κ3) is 3.54. The Morgan fingerprint density at radius 1 is 1.45 bits per heavy atom. The maximum atomic E-state index is 12.2. The SMILES string of the molecule is CCc1cnc(C(C)NS(=O)(=O)c2ccnc(Cl)c2)s1. The summed E-state index contributed by atoms with van der Waals surface area (Å²) >= 11 is 7.22. The molecule has 0 aliphatic rings. The van der Waals surface area contributed by atoms with Crippen LogP contribution in [-0.2, 0) is 16.4 Å². The van der Waals surface area contributed by atoms with Crippen molar-refractivity contribution in [2.24, 2.45) is 0 Å². The van der Waals surface area contributed by atoms with E-state index in [-0.39, 0.29) is 10.0 Å². The molecular formula is C12H14ClN3O2S2. The van der Waals surface area contributed by atoms with Gasteiger partial charge in [-0.3, -0.25) is 0 Å². The minimum atomic E-state index is -3.64. The van der Waals surface area contributed by atoms with Gasteiger partial charge >= 0.3 is 0 Å². The summed E-state index contributed by atoms with van der Waals surface area (Å²) in [7, 11) is -3.64. The van der Waals surface area contributed by atoms with Crippen LogP contribution in [0.25, 0.3) is 0 Å². The molecule has 0 aliphatic carbocycles. The van der Waals surface area contributed by atoms with Crippen molar-refractivity contribution in [3.63, 3.8) is 0 Å². The van der Waals surface area contributed by atoms with E-state index in [1.54, 1.807) is 13.1 Å². The number of aromatic nitrogens is 2. The largest absolute Gasteiger partial charge is 0.248 e. The number of pyridine rings is 1. The van der Waals surface area contributed by atoms with Gasteiger partial charge in [0.25, 0.3) is 0 Å². The second-order valence-corrected chi connectivity index (χ2v) is 7.42. The van der Waals surface area contributed by atoms with E-state index >= 15 is 0 Å². The van der Waals surface area contributed by atoms with E-state index in [1.165, 1.54) is 29.7 Å². The van der Waals surface area contributed by atoms with Crippen LogP contribution in [0, 0.1) is 0 Å². The van der Waals surface area contributed by atoms with Crippen LogP contribution in [0.4, 0.5) is 0 Å². The summed E-state index contributed by atoms with van der Waals surface area (Å²) in [4.78, 5) is 9.22. The Morgan fingerprint density at radius 3 is 2.80 bits per heavy atom. The van der Waals surface area contributed by atoms with Gasteiger partial charge in [-0.1, -0.05) is 18.5 Å². The van der Waals surface area contributed by atoms with E-state index in [4.69, 9.17) is 11.6 Å². The third-order valence-electron chi connectivity index (χ3n) is 2.63. The second-order valence-electron chi connectivity index (χ2n) is 4.18. The Morgan fingerprint density at radius 2 is 2.20 bits per heavy atom. The molecule has 2 aromatic heterocycles. The molecule has 108 valence electrons. The Bertz CT molecular complexity index is 700. The third-order valence-corrected chi connectivity index (χ3v) is 5.70. The van der Waals surface area contributed by atoms with Crippen LogP contribution in [-0.4, -0.2) is 18.4 Å². The molecule has 0 radical (unpaired) electrons. The number of thiazole rings is 1. The fourth-order valence-corrected chi connectivity index (χ4v) is 3.98. The molecule has 2 heterocycles. The van der Waals surface area contributed by atoms with Crippen LogP contribution in [0.15, 0.2) is 29.4 Å². The Labute approximate surface area is 127 Å². The molecule has 1 N–H and O–H groups in total. The van der Waals surface area contributed by atoms with Gasteiger partial charge < -0.3 is 0 Å². The van der Waals surface area contributed by atoms with Crippen LogP contribution < -0.4 is 4.72 Å². The summed E-state index contributed by atoms with van der Waals surface area (Å²) in [6.07, 6.45) is 4.02. The molecule has 0 fully saturated rings. The molecule has 0 amide bonds. The molecule has 0 saturated heterocycles. The molecule has 2 rings (SSSR count). The van der Waals surface area contributed by atoms with Gasteiger partial charge in [0.1, 0.15) is 10.2 Å². The normalized spacial score (nSPS) is 13.3. The van der Waals surface area contributed by atoms with Crippen molar-refractivity contribution in [1.29, 1.82) is 0 Å². The van der Waals surface area contributed by atoms with Crippen molar-refractivity contribution >= 4 is 33.0 Å². The highest BCUT2D eigenvalue weighted by atomic mass is 35.5. The molecular weight excluding hydrogens is 318 g/mol. The summed E-state index contributed by atoms with van der Waals surface area (Å²) in [5.41, 5.74) is 0. The lowest BCUT2D eigenvalue weighted by atomic mass is 10.4. The lowest BCUT2D eigenvalue weighted by Crippen LogP contribution is -2.26. The lowest BCUT2D eigenvalue weighted by molar-refractivity contribution is 0.566. The number of nitrogens with one attached hydrogen (secondary N) is 1. The lowest BCUT2D eigenvalue weighted by Gasteiger charge is -2.11. The fraction of sp³-hybridized carbons (Fsp3) is 0.333. The molecule has 1 atom stereocenters. The highest BCUT2D eigenvalue weighted by molar-refractivity contribution is 7.89. The van der Waals surface area contributed by atoms with Gasteiger partial charge in [0.15, 0.2) is 0 Å². The van der Waals surface area contributed by atoms with E-state index in [2.05, 4.69) is 14.7 Å². The molecule has 2 aromatic rings. The van der Waals surface area contributed by atoms with Gasteiger partial charge in [0.2, 0.25) is 10.0 Å². The topological polar surface area (TPSA) is 72.0 Å². The first-order valence-electron chi connectivity index (χ1n) is 6.01. The van der Waals surface area contributed by atoms with Crippen LogP contribution in [0.3, 0.4) is 0 Å². The molecule has 0 bridgehead atoms. The predicted octanol–water partition coefficient (Wildman–Crippen LogP) is 2.79. The monoisotopic (exact) mass is 331 g/mol. The van der Waals surface area contributed by atoms with E-state index in [0.29, 0.717) is 0 Å². The molecule has 1 unspecified atom stereocenters. The van der Waals surface area contributed by atoms with Crippen molar-refractivity contribution in [2.45, 2.75) is 31.2 Å². The van der Waals surface area contributed by atoms with Crippen molar-refractivity contribution in [3.8, 4) is 0 Å². The van der Waals surface area contributed by atoms with E-state index < -0.39 is 16.1 Å². The number of hydrogen-bond donors (Lipinski definition) is 1. The van der Waals surface area contributed by atoms with Crippen molar-refractivity contribution in [3.05, 3.63) is 39.6 Å². The number of halogens is 1. The number of nitrogens with zero attached hydrogens (tertiary/aromatic N) is 2. The first-order chi connectivity index (χ1) is 9.42. The zero-order valence-corrected chi connectivity index (χ0v) is 13.4. The highest BCUT2D eigenvalue weighted by Crippen LogP contribution is 2.22. The summed E-state index contributed by atoms with van der Waals surface area (Å²) in [5.74, 6) is 0. The average molecular weight is 332 g/mol. The molecule has 0 spiro atoms. The highest BCUT2D eigenvalue weighted by Gasteiger charge is 2.20. The van der Waals surface area contributed by atoms with Gasteiger partial charge in [-0.2, -0.15) is 0 Å². The number of aryl methyl sites for hydroxylation is 1. The van der Waals surface area contributed by atoms with E-state index in [1.807, 2.05) is 6.92 Å². The Hall–Kier alpha value is -1.02. The maximum Gasteiger partial charge on any atom is 0.241 e. The first-order valence-corrected chi connectivity index (χ1v) is 8.68. The smallest absolute Gasteiger partial charge is 0.241 e. The minimum absolute atomic E-state index is 0.0941. The van der Waals surface area contributed by atoms with Gasteiger partial charge in [-0.05, 0) is 25.5 Å². The van der Waals surface area contributed by atoms with E-state index in [0.717, 1.165) is 16.3 Å². The molecule has 0 aromatic carbocycles. The molecule has 0 aliphatic heterocycles. The summed E-state index contributed by atoms with van der Waals surface area (Å²) in [6, 6.07) is 2.33. The minimum Gasteiger partial charge on any atom is -0.248 e. The standard InChI is InChI=1S/C12H14ClN3O2S2/c1-3-9-7-15-12(19-9)8(2)16-20(17,18)10-4-5-14-11(13)6-10/h4-8,16H,3H2,1-2H3. The Balaban J connectivity index is 2.19. The van der Waals surface area contributed by atoms with Crippen LogP contribution >= 0.6 is 22.9 Å². The predicted molar refractivity (Wildman–Crippen MR) is 79.5 cm³/mol. The molecule has 20 heavy (non-hydrogen) atoms. The maximum absolute atomic E-state index is 12.2. The molecule has 0 saturated carbocycles. The number of rotatable bonds is 5. The van der Waals surface area contributed by atoms with Gasteiger partial charge in [0, 0.05) is 17.3 Å². The van der Waals surface area contributed by atoms with Crippen LogP contribution in [0.2, 0.25) is 5.15 Å². The zero-order chi connectivity index (χ0) is 14.8. The summed E-state index contributed by atoms with van der Waals surface area (Å²) in [6.45, 7) is 3.80. The van der Waals surface area contributed by atoms with Gasteiger partial charge in [-0.25, -0.2) is 23.1 Å². The van der Waals surface area contributed by atoms with Gasteiger partial charge in [-0.15, -0.1) is 11.3 Å². The summed E-state index contributed by atoms with van der Waals surface area (Å²) in [5, 5.41) is 0.883. The van der Waals surface area contributed by atoms with Crippen LogP contribution in [0.5, 0.6) is 0 Å². The average Bonchev–Trinajstić information content (AvgIpc) is 2.87.